The Hall–Kier alpha value is -1.87. The van der Waals surface area contributed by atoms with Gasteiger partial charge in [-0.25, -0.2) is 4.98 Å². The fourth-order valence-electron chi connectivity index (χ4n) is 0.852. The van der Waals surface area contributed by atoms with E-state index >= 15 is 0 Å². The molecule has 0 amide bonds. The average molecular weight is 194 g/mol. The van der Waals surface area contributed by atoms with Crippen molar-refractivity contribution < 1.29 is 4.92 Å². The van der Waals surface area contributed by atoms with Gasteiger partial charge in [0.15, 0.2) is 6.33 Å². The lowest BCUT2D eigenvalue weighted by atomic mass is 10.3. The van der Waals surface area contributed by atoms with Crippen LogP contribution in [0.15, 0.2) is 6.33 Å². The predicted molar refractivity (Wildman–Crippen MR) is 50.7 cm³/mol. The Morgan fingerprint density at radius 2 is 2.57 bits per heavy atom. The van der Waals surface area contributed by atoms with Gasteiger partial charge < -0.3 is 15.4 Å². The zero-order valence-electron chi connectivity index (χ0n) is 7.70. The highest BCUT2D eigenvalue weighted by Gasteiger charge is 2.11. The van der Waals surface area contributed by atoms with Crippen LogP contribution < -0.4 is 5.32 Å². The van der Waals surface area contributed by atoms with E-state index in [1.54, 1.807) is 0 Å². The van der Waals surface area contributed by atoms with Gasteiger partial charge in [-0.15, -0.1) is 0 Å². The van der Waals surface area contributed by atoms with Crippen molar-refractivity contribution >= 4 is 5.82 Å². The molecule has 0 bridgehead atoms. The number of H-pyrrole nitrogens is 1. The molecule has 1 heterocycles. The highest BCUT2D eigenvalue weighted by atomic mass is 16.6. The molecule has 0 radical (unpaired) electrons. The van der Waals surface area contributed by atoms with Crippen LogP contribution >= 0.6 is 0 Å². The molecule has 0 saturated heterocycles. The Morgan fingerprint density at radius 1 is 1.79 bits per heavy atom. The second-order valence-corrected chi connectivity index (χ2v) is 2.51. The zero-order valence-corrected chi connectivity index (χ0v) is 7.70. The first kappa shape index (κ1) is 10.2. The fourth-order valence-corrected chi connectivity index (χ4v) is 0.852. The fraction of sp³-hybridized carbons (Fsp3) is 0.375. The van der Waals surface area contributed by atoms with E-state index < -0.39 is 4.92 Å². The number of hydrogen-bond donors (Lipinski definition) is 2. The van der Waals surface area contributed by atoms with Gasteiger partial charge in [0.2, 0.25) is 5.69 Å². The van der Waals surface area contributed by atoms with Crippen molar-refractivity contribution in [2.24, 2.45) is 0 Å². The van der Waals surface area contributed by atoms with Crippen LogP contribution in [-0.2, 0) is 0 Å². The molecule has 14 heavy (non-hydrogen) atoms. The normalized spacial score (nSPS) is 9.21. The summed E-state index contributed by atoms with van der Waals surface area (Å²) in [7, 11) is 1.82. The molecule has 1 aromatic rings. The number of nitrogens with zero attached hydrogens (tertiary/aromatic N) is 2. The summed E-state index contributed by atoms with van der Waals surface area (Å²) < 4.78 is 0. The first-order valence-corrected chi connectivity index (χ1v) is 4.07. The van der Waals surface area contributed by atoms with E-state index in [1.807, 2.05) is 7.05 Å². The molecule has 0 atom stereocenters. The molecule has 0 aliphatic heterocycles. The maximum Gasteiger partial charge on any atom is 0.356 e. The number of nitro groups is 1. The summed E-state index contributed by atoms with van der Waals surface area (Å²) >= 11 is 0. The minimum Gasteiger partial charge on any atom is -0.358 e. The van der Waals surface area contributed by atoms with Crippen LogP contribution in [0.2, 0.25) is 0 Å². The van der Waals surface area contributed by atoms with Crippen molar-refractivity contribution in [3.63, 3.8) is 0 Å². The van der Waals surface area contributed by atoms with E-state index in [-0.39, 0.29) is 11.5 Å². The van der Waals surface area contributed by atoms with Crippen LogP contribution in [0.1, 0.15) is 12.1 Å². The van der Waals surface area contributed by atoms with Crippen molar-refractivity contribution in [1.82, 2.24) is 15.3 Å². The molecule has 74 valence electrons. The monoisotopic (exact) mass is 194 g/mol. The van der Waals surface area contributed by atoms with Crippen molar-refractivity contribution in [3.05, 3.63) is 22.1 Å². The first-order valence-electron chi connectivity index (χ1n) is 4.07. The van der Waals surface area contributed by atoms with E-state index in [2.05, 4.69) is 27.1 Å². The molecule has 1 rings (SSSR count). The van der Waals surface area contributed by atoms with E-state index in [4.69, 9.17) is 0 Å². The summed E-state index contributed by atoms with van der Waals surface area (Å²) in [5.41, 5.74) is 0.186. The van der Waals surface area contributed by atoms with Crippen LogP contribution in [0.4, 0.5) is 5.82 Å². The van der Waals surface area contributed by atoms with Gasteiger partial charge in [0, 0.05) is 13.0 Å². The van der Waals surface area contributed by atoms with Crippen molar-refractivity contribution in [2.45, 2.75) is 6.42 Å². The zero-order chi connectivity index (χ0) is 10.4. The van der Waals surface area contributed by atoms with Crippen LogP contribution in [0, 0.1) is 22.0 Å². The van der Waals surface area contributed by atoms with Crippen molar-refractivity contribution in [1.29, 1.82) is 0 Å². The third-order valence-corrected chi connectivity index (χ3v) is 1.51. The summed E-state index contributed by atoms with van der Waals surface area (Å²) in [6.07, 6.45) is 1.90. The predicted octanol–water partition coefficient (Wildman–Crippen LogP) is 0.279. The smallest absolute Gasteiger partial charge is 0.356 e. The van der Waals surface area contributed by atoms with Crippen LogP contribution in [0.5, 0.6) is 0 Å². The molecule has 0 spiro atoms. The van der Waals surface area contributed by atoms with E-state index in [0.29, 0.717) is 6.42 Å². The maximum absolute atomic E-state index is 10.4. The van der Waals surface area contributed by atoms with Gasteiger partial charge in [0.05, 0.1) is 0 Å². The standard InChI is InChI=1S/C8H10N4O2/c1-9-5-3-2-4-7-8(12(13)14)11-6-10-7/h6,9H,3,5H2,1H3,(H,10,11). The van der Waals surface area contributed by atoms with Gasteiger partial charge in [-0.3, -0.25) is 0 Å². The molecule has 0 saturated carbocycles. The molecule has 6 nitrogen and oxygen atoms in total. The Bertz CT molecular complexity index is 374. The number of imidazole rings is 1. The van der Waals surface area contributed by atoms with Crippen molar-refractivity contribution in [2.75, 3.05) is 13.6 Å². The number of hydrogen-bond acceptors (Lipinski definition) is 4. The number of aromatic nitrogens is 2. The molecule has 0 fully saturated rings. The summed E-state index contributed by atoms with van der Waals surface area (Å²) in [5, 5.41) is 13.3. The van der Waals surface area contributed by atoms with Gasteiger partial charge in [0.1, 0.15) is 0 Å². The lowest BCUT2D eigenvalue weighted by Gasteiger charge is -1.89. The molecule has 0 aliphatic carbocycles. The number of aromatic amines is 1. The van der Waals surface area contributed by atoms with Crippen LogP contribution in [0.3, 0.4) is 0 Å². The molecular formula is C8H10N4O2. The lowest BCUT2D eigenvalue weighted by molar-refractivity contribution is -0.389. The summed E-state index contributed by atoms with van der Waals surface area (Å²) in [5.74, 6) is 5.27. The second kappa shape index (κ2) is 4.99. The number of nitrogens with one attached hydrogen (secondary N) is 2. The topological polar surface area (TPSA) is 83.8 Å². The third-order valence-electron chi connectivity index (χ3n) is 1.51. The van der Waals surface area contributed by atoms with Crippen molar-refractivity contribution in [3.8, 4) is 11.8 Å². The highest BCUT2D eigenvalue weighted by Crippen LogP contribution is 2.09. The number of rotatable bonds is 3. The lowest BCUT2D eigenvalue weighted by Crippen LogP contribution is -2.05. The van der Waals surface area contributed by atoms with E-state index in [0.717, 1.165) is 6.54 Å². The highest BCUT2D eigenvalue weighted by molar-refractivity contribution is 5.40. The average Bonchev–Trinajstić information content (AvgIpc) is 2.60. The van der Waals surface area contributed by atoms with Gasteiger partial charge in [0.25, 0.3) is 0 Å². The Morgan fingerprint density at radius 3 is 3.21 bits per heavy atom. The minimum absolute atomic E-state index is 0.151. The molecule has 0 aromatic carbocycles. The molecular weight excluding hydrogens is 184 g/mol. The van der Waals surface area contributed by atoms with Gasteiger partial charge in [-0.1, -0.05) is 5.92 Å². The first-order chi connectivity index (χ1) is 6.75. The molecule has 0 unspecified atom stereocenters. The van der Waals surface area contributed by atoms with Gasteiger partial charge in [-0.2, -0.15) is 4.98 Å². The molecule has 2 N–H and O–H groups in total. The second-order valence-electron chi connectivity index (χ2n) is 2.51. The summed E-state index contributed by atoms with van der Waals surface area (Å²) in [6.45, 7) is 0.755. The van der Waals surface area contributed by atoms with Gasteiger partial charge in [-0.05, 0) is 17.9 Å². The molecule has 1 aromatic heterocycles. The minimum atomic E-state index is -0.533. The summed E-state index contributed by atoms with van der Waals surface area (Å²) in [4.78, 5) is 16.1. The third kappa shape index (κ3) is 2.57. The van der Waals surface area contributed by atoms with E-state index in [1.165, 1.54) is 6.33 Å². The van der Waals surface area contributed by atoms with Gasteiger partial charge >= 0.3 is 5.82 Å². The largest absolute Gasteiger partial charge is 0.358 e. The Balaban J connectivity index is 2.69. The molecule has 6 heteroatoms. The van der Waals surface area contributed by atoms with Crippen LogP contribution in [0.25, 0.3) is 0 Å². The molecule has 0 aliphatic rings. The summed E-state index contributed by atoms with van der Waals surface area (Å²) in [6, 6.07) is 0. The van der Waals surface area contributed by atoms with Crippen LogP contribution in [-0.4, -0.2) is 28.5 Å². The maximum atomic E-state index is 10.4. The quantitative estimate of drug-likeness (QED) is 0.313. The Kier molecular flexibility index (Phi) is 3.64. The SMILES string of the molecule is CNCCC#Cc1nc[nH]c1[N+](=O)[O-]. The van der Waals surface area contributed by atoms with E-state index in [9.17, 15) is 10.1 Å². The Labute approximate surface area is 80.9 Å².